The van der Waals surface area contributed by atoms with Crippen LogP contribution in [0.3, 0.4) is 0 Å². The molecular formula is C18H35N3O3. The summed E-state index contributed by atoms with van der Waals surface area (Å²) in [5.74, 6) is -0.0534. The van der Waals surface area contributed by atoms with Crippen LogP contribution in [0.2, 0.25) is 0 Å². The SMILES string of the molecule is CCN(C(=O)OC(C)(C)C)C1CCCCC1NC(=O)[C@@H](N)C(C)C. The van der Waals surface area contributed by atoms with Crippen LogP contribution in [0, 0.1) is 5.92 Å². The predicted molar refractivity (Wildman–Crippen MR) is 95.6 cm³/mol. The molecule has 140 valence electrons. The Morgan fingerprint density at radius 1 is 1.25 bits per heavy atom. The molecule has 1 fully saturated rings. The monoisotopic (exact) mass is 341 g/mol. The summed E-state index contributed by atoms with van der Waals surface area (Å²) in [7, 11) is 0. The van der Waals surface area contributed by atoms with Gasteiger partial charge in [-0.15, -0.1) is 0 Å². The standard InChI is InChI=1S/C18H35N3O3/c1-7-21(17(23)24-18(4,5)6)14-11-9-8-10-13(14)20-16(22)15(19)12(2)3/h12-15H,7-11,19H2,1-6H3,(H,20,22)/t13?,14?,15-/m0/s1. The topological polar surface area (TPSA) is 84.7 Å². The Morgan fingerprint density at radius 2 is 1.83 bits per heavy atom. The molecule has 0 heterocycles. The first-order valence-corrected chi connectivity index (χ1v) is 9.12. The zero-order chi connectivity index (χ0) is 18.5. The van der Waals surface area contributed by atoms with E-state index < -0.39 is 11.6 Å². The molecule has 0 bridgehead atoms. The van der Waals surface area contributed by atoms with Crippen LogP contribution in [0.4, 0.5) is 4.79 Å². The Morgan fingerprint density at radius 3 is 2.33 bits per heavy atom. The van der Waals surface area contributed by atoms with Gasteiger partial charge in [-0.05, 0) is 46.5 Å². The van der Waals surface area contributed by atoms with E-state index in [4.69, 9.17) is 10.5 Å². The fraction of sp³-hybridized carbons (Fsp3) is 0.889. The number of likely N-dealkylation sites (N-methyl/N-ethyl adjacent to an activating group) is 1. The molecule has 0 aromatic heterocycles. The van der Waals surface area contributed by atoms with Crippen molar-refractivity contribution in [2.45, 2.75) is 91.0 Å². The van der Waals surface area contributed by atoms with Crippen LogP contribution >= 0.6 is 0 Å². The molecule has 0 aromatic carbocycles. The minimum absolute atomic E-state index is 0.0399. The third kappa shape index (κ3) is 5.96. The zero-order valence-corrected chi connectivity index (χ0v) is 16.1. The van der Waals surface area contributed by atoms with Gasteiger partial charge in [0.05, 0.1) is 12.1 Å². The molecule has 0 saturated heterocycles. The first-order chi connectivity index (χ1) is 11.1. The van der Waals surface area contributed by atoms with Crippen molar-refractivity contribution >= 4 is 12.0 Å². The maximum absolute atomic E-state index is 12.5. The second-order valence-corrected chi connectivity index (χ2v) is 8.00. The van der Waals surface area contributed by atoms with Gasteiger partial charge in [-0.1, -0.05) is 26.7 Å². The Kier molecular flexibility index (Phi) is 7.52. The van der Waals surface area contributed by atoms with Crippen LogP contribution in [0.5, 0.6) is 0 Å². The molecule has 1 aliphatic carbocycles. The van der Waals surface area contributed by atoms with Crippen molar-refractivity contribution in [1.82, 2.24) is 10.2 Å². The summed E-state index contributed by atoms with van der Waals surface area (Å²) in [4.78, 5) is 26.6. The number of rotatable bonds is 5. The third-order valence-corrected chi connectivity index (χ3v) is 4.45. The van der Waals surface area contributed by atoms with Crippen molar-refractivity contribution in [3.8, 4) is 0 Å². The minimum Gasteiger partial charge on any atom is -0.444 e. The van der Waals surface area contributed by atoms with E-state index in [2.05, 4.69) is 5.32 Å². The Balaban J connectivity index is 2.83. The summed E-state index contributed by atoms with van der Waals surface area (Å²) < 4.78 is 5.53. The Labute approximate surface area is 146 Å². The maximum atomic E-state index is 12.5. The number of carbonyl (C=O) groups is 2. The molecule has 1 rings (SSSR count). The largest absolute Gasteiger partial charge is 0.444 e. The highest BCUT2D eigenvalue weighted by molar-refractivity contribution is 5.82. The number of hydrogen-bond donors (Lipinski definition) is 2. The average molecular weight is 341 g/mol. The number of amides is 2. The predicted octanol–water partition coefficient (Wildman–Crippen LogP) is 2.65. The molecule has 1 aliphatic rings. The van der Waals surface area contributed by atoms with Crippen molar-refractivity contribution in [2.75, 3.05) is 6.54 Å². The molecule has 0 aliphatic heterocycles. The smallest absolute Gasteiger partial charge is 0.410 e. The second kappa shape index (κ2) is 8.70. The normalized spacial score (nSPS) is 22.8. The first kappa shape index (κ1) is 20.7. The molecule has 3 atom stereocenters. The molecule has 24 heavy (non-hydrogen) atoms. The summed E-state index contributed by atoms with van der Waals surface area (Å²) in [6.45, 7) is 11.9. The quantitative estimate of drug-likeness (QED) is 0.805. The summed E-state index contributed by atoms with van der Waals surface area (Å²) in [6, 6.07) is -0.630. The van der Waals surface area contributed by atoms with Crippen molar-refractivity contribution in [3.63, 3.8) is 0 Å². The molecule has 0 aromatic rings. The van der Waals surface area contributed by atoms with Gasteiger partial charge in [-0.25, -0.2) is 4.79 Å². The Bertz CT molecular complexity index is 432. The fourth-order valence-corrected chi connectivity index (χ4v) is 3.05. The molecule has 0 spiro atoms. The number of nitrogens with zero attached hydrogens (tertiary/aromatic N) is 1. The lowest BCUT2D eigenvalue weighted by atomic mass is 9.88. The molecule has 0 radical (unpaired) electrons. The van der Waals surface area contributed by atoms with Gasteiger partial charge in [0, 0.05) is 12.6 Å². The van der Waals surface area contributed by atoms with Gasteiger partial charge < -0.3 is 20.7 Å². The van der Waals surface area contributed by atoms with Crippen LogP contribution in [-0.4, -0.2) is 47.2 Å². The third-order valence-electron chi connectivity index (χ3n) is 4.45. The first-order valence-electron chi connectivity index (χ1n) is 9.12. The highest BCUT2D eigenvalue weighted by Crippen LogP contribution is 2.25. The summed E-state index contributed by atoms with van der Waals surface area (Å²) >= 11 is 0. The zero-order valence-electron chi connectivity index (χ0n) is 16.1. The van der Waals surface area contributed by atoms with Crippen LogP contribution < -0.4 is 11.1 Å². The second-order valence-electron chi connectivity index (χ2n) is 8.00. The van der Waals surface area contributed by atoms with Gasteiger partial charge in [0.1, 0.15) is 5.60 Å². The number of carbonyl (C=O) groups excluding carboxylic acids is 2. The lowest BCUT2D eigenvalue weighted by molar-refractivity contribution is -0.124. The van der Waals surface area contributed by atoms with Gasteiger partial charge in [0.15, 0.2) is 0 Å². The van der Waals surface area contributed by atoms with Crippen LogP contribution in [0.1, 0.15) is 67.2 Å². The lowest BCUT2D eigenvalue weighted by Gasteiger charge is -2.40. The maximum Gasteiger partial charge on any atom is 0.410 e. The van der Waals surface area contributed by atoms with E-state index in [-0.39, 0.29) is 30.0 Å². The van der Waals surface area contributed by atoms with Crippen LogP contribution in [-0.2, 0) is 9.53 Å². The molecule has 2 unspecified atom stereocenters. The Hall–Kier alpha value is -1.30. The van der Waals surface area contributed by atoms with Gasteiger partial charge in [0.2, 0.25) is 5.91 Å². The molecule has 1 saturated carbocycles. The molecule has 2 amide bonds. The van der Waals surface area contributed by atoms with Crippen molar-refractivity contribution in [1.29, 1.82) is 0 Å². The molecule has 6 nitrogen and oxygen atoms in total. The van der Waals surface area contributed by atoms with Crippen LogP contribution in [0.25, 0.3) is 0 Å². The molecular weight excluding hydrogens is 306 g/mol. The van der Waals surface area contributed by atoms with Crippen molar-refractivity contribution in [2.24, 2.45) is 11.7 Å². The number of hydrogen-bond acceptors (Lipinski definition) is 4. The van der Waals surface area contributed by atoms with E-state index in [1.165, 1.54) is 0 Å². The summed E-state index contributed by atoms with van der Waals surface area (Å²) in [6.07, 6.45) is 3.51. The molecule has 6 heteroatoms. The average Bonchev–Trinajstić information content (AvgIpc) is 2.46. The fourth-order valence-electron chi connectivity index (χ4n) is 3.05. The number of ether oxygens (including phenoxy) is 1. The van der Waals surface area contributed by atoms with Crippen molar-refractivity contribution in [3.05, 3.63) is 0 Å². The highest BCUT2D eigenvalue weighted by atomic mass is 16.6. The van der Waals surface area contributed by atoms with E-state index in [1.807, 2.05) is 41.5 Å². The van der Waals surface area contributed by atoms with Gasteiger partial charge >= 0.3 is 6.09 Å². The van der Waals surface area contributed by atoms with Gasteiger partial charge in [-0.3, -0.25) is 4.79 Å². The lowest BCUT2D eigenvalue weighted by Crippen LogP contribution is -2.58. The number of nitrogens with one attached hydrogen (secondary N) is 1. The summed E-state index contributed by atoms with van der Waals surface area (Å²) in [5.41, 5.74) is 5.43. The van der Waals surface area contributed by atoms with E-state index in [1.54, 1.807) is 4.90 Å². The van der Waals surface area contributed by atoms with Crippen molar-refractivity contribution < 1.29 is 14.3 Å². The van der Waals surface area contributed by atoms with Gasteiger partial charge in [0.25, 0.3) is 0 Å². The van der Waals surface area contributed by atoms with E-state index in [9.17, 15) is 9.59 Å². The van der Waals surface area contributed by atoms with E-state index >= 15 is 0 Å². The highest BCUT2D eigenvalue weighted by Gasteiger charge is 2.36. The molecule has 3 N–H and O–H groups in total. The van der Waals surface area contributed by atoms with E-state index in [0.717, 1.165) is 25.7 Å². The van der Waals surface area contributed by atoms with E-state index in [0.29, 0.717) is 6.54 Å². The summed E-state index contributed by atoms with van der Waals surface area (Å²) in [5, 5.41) is 3.07. The minimum atomic E-state index is -0.530. The van der Waals surface area contributed by atoms with Gasteiger partial charge in [-0.2, -0.15) is 0 Å². The number of nitrogens with two attached hydrogens (primary N) is 1. The van der Waals surface area contributed by atoms with Crippen LogP contribution in [0.15, 0.2) is 0 Å².